The Bertz CT molecular complexity index is 648. The number of amides is 4. The summed E-state index contributed by atoms with van der Waals surface area (Å²) in [6.07, 6.45) is 0.235. The zero-order valence-corrected chi connectivity index (χ0v) is 14.9. The van der Waals surface area contributed by atoms with Gasteiger partial charge in [-0.1, -0.05) is 44.2 Å². The predicted molar refractivity (Wildman–Crippen MR) is 93.8 cm³/mol. The third kappa shape index (κ3) is 7.20. The molecule has 0 saturated carbocycles. The molecule has 0 heterocycles. The Morgan fingerprint density at radius 3 is 2.12 bits per heavy atom. The Balaban J connectivity index is 2.64. The van der Waals surface area contributed by atoms with Crippen molar-refractivity contribution >= 4 is 23.8 Å². The standard InChI is InChI=1S/C17H24N4O5/c1-10(2)14(16(24)25)19-17(26)21-20-15(23)13(18-11(3)22)9-12-7-5-4-6-8-12/h4-8,10,13-14H,9H2,1-3H3,(H,18,22)(H,20,23)(H,24,25)(H2,19,21,26)/t13-,14-/m0/s1. The number of nitrogens with one attached hydrogen (secondary N) is 4. The van der Waals surface area contributed by atoms with E-state index < -0.39 is 35.9 Å². The molecule has 0 spiro atoms. The second-order valence-corrected chi connectivity index (χ2v) is 6.09. The van der Waals surface area contributed by atoms with E-state index in [0.29, 0.717) is 0 Å². The molecule has 2 atom stereocenters. The van der Waals surface area contributed by atoms with E-state index in [1.807, 2.05) is 30.3 Å². The van der Waals surface area contributed by atoms with E-state index in [1.165, 1.54) is 6.92 Å². The smallest absolute Gasteiger partial charge is 0.334 e. The predicted octanol–water partition coefficient (Wildman–Crippen LogP) is 0.173. The maximum Gasteiger partial charge on any atom is 0.334 e. The van der Waals surface area contributed by atoms with Gasteiger partial charge in [-0.05, 0) is 11.5 Å². The Hall–Kier alpha value is -3.10. The first-order chi connectivity index (χ1) is 12.2. The molecule has 142 valence electrons. The number of aliphatic carboxylic acids is 1. The van der Waals surface area contributed by atoms with E-state index in [9.17, 15) is 19.2 Å². The van der Waals surface area contributed by atoms with Gasteiger partial charge in [-0.3, -0.25) is 15.0 Å². The van der Waals surface area contributed by atoms with Crippen molar-refractivity contribution in [2.45, 2.75) is 39.3 Å². The maximum atomic E-state index is 12.3. The van der Waals surface area contributed by atoms with E-state index in [4.69, 9.17) is 5.11 Å². The number of rotatable bonds is 7. The van der Waals surface area contributed by atoms with Crippen molar-refractivity contribution < 1.29 is 24.3 Å². The molecular formula is C17H24N4O5. The van der Waals surface area contributed by atoms with E-state index >= 15 is 0 Å². The van der Waals surface area contributed by atoms with Gasteiger partial charge in [0.2, 0.25) is 5.91 Å². The number of hydrazine groups is 1. The lowest BCUT2D eigenvalue weighted by Crippen LogP contribution is -2.57. The zero-order chi connectivity index (χ0) is 19.7. The minimum atomic E-state index is -1.18. The summed E-state index contributed by atoms with van der Waals surface area (Å²) in [6, 6.07) is 6.21. The van der Waals surface area contributed by atoms with Gasteiger partial charge in [0.1, 0.15) is 12.1 Å². The minimum Gasteiger partial charge on any atom is -0.480 e. The van der Waals surface area contributed by atoms with Crippen LogP contribution >= 0.6 is 0 Å². The summed E-state index contributed by atoms with van der Waals surface area (Å²) in [6.45, 7) is 4.57. The third-order valence-electron chi connectivity index (χ3n) is 3.50. The molecule has 0 aromatic heterocycles. The molecule has 1 rings (SSSR count). The van der Waals surface area contributed by atoms with Crippen molar-refractivity contribution in [2.24, 2.45) is 5.92 Å². The molecule has 5 N–H and O–H groups in total. The number of carbonyl (C=O) groups is 4. The van der Waals surface area contributed by atoms with Crippen LogP contribution in [0.25, 0.3) is 0 Å². The van der Waals surface area contributed by atoms with E-state index in [2.05, 4.69) is 21.5 Å². The van der Waals surface area contributed by atoms with Gasteiger partial charge in [0.25, 0.3) is 5.91 Å². The highest BCUT2D eigenvalue weighted by atomic mass is 16.4. The zero-order valence-electron chi connectivity index (χ0n) is 14.9. The van der Waals surface area contributed by atoms with Crippen molar-refractivity contribution in [3.8, 4) is 0 Å². The molecule has 0 bridgehead atoms. The van der Waals surface area contributed by atoms with Crippen LogP contribution in [0.5, 0.6) is 0 Å². The summed E-state index contributed by atoms with van der Waals surface area (Å²) < 4.78 is 0. The van der Waals surface area contributed by atoms with Crippen LogP contribution in [0.3, 0.4) is 0 Å². The van der Waals surface area contributed by atoms with Gasteiger partial charge in [-0.25, -0.2) is 15.0 Å². The van der Waals surface area contributed by atoms with E-state index in [0.717, 1.165) is 5.56 Å². The Morgan fingerprint density at radius 2 is 1.62 bits per heavy atom. The number of carboxylic acid groups (broad SMARTS) is 1. The van der Waals surface area contributed by atoms with E-state index in [-0.39, 0.29) is 12.3 Å². The van der Waals surface area contributed by atoms with Gasteiger partial charge in [0.15, 0.2) is 0 Å². The van der Waals surface area contributed by atoms with Crippen LogP contribution in [-0.2, 0) is 20.8 Å². The number of hydrogen-bond acceptors (Lipinski definition) is 4. The summed E-state index contributed by atoms with van der Waals surface area (Å²) in [4.78, 5) is 46.4. The van der Waals surface area contributed by atoms with Crippen LogP contribution in [0.2, 0.25) is 0 Å². The van der Waals surface area contributed by atoms with Gasteiger partial charge in [-0.15, -0.1) is 0 Å². The first-order valence-electron chi connectivity index (χ1n) is 8.11. The molecule has 26 heavy (non-hydrogen) atoms. The molecule has 9 heteroatoms. The summed E-state index contributed by atoms with van der Waals surface area (Å²) in [5, 5.41) is 13.8. The number of hydrogen-bond donors (Lipinski definition) is 5. The normalized spacial score (nSPS) is 12.6. The van der Waals surface area contributed by atoms with Crippen molar-refractivity contribution in [2.75, 3.05) is 0 Å². The van der Waals surface area contributed by atoms with Gasteiger partial charge >= 0.3 is 12.0 Å². The number of carboxylic acids is 1. The molecule has 4 amide bonds. The van der Waals surface area contributed by atoms with Crippen molar-refractivity contribution in [1.29, 1.82) is 0 Å². The Labute approximate surface area is 151 Å². The summed E-state index contributed by atoms with van der Waals surface area (Å²) >= 11 is 0. The van der Waals surface area contributed by atoms with Crippen molar-refractivity contribution in [3.63, 3.8) is 0 Å². The molecule has 0 fully saturated rings. The molecule has 0 unspecified atom stereocenters. The van der Waals surface area contributed by atoms with Crippen LogP contribution in [0.4, 0.5) is 4.79 Å². The summed E-state index contributed by atoms with van der Waals surface area (Å²) in [5.74, 6) is -2.53. The van der Waals surface area contributed by atoms with Crippen LogP contribution in [0.1, 0.15) is 26.3 Å². The van der Waals surface area contributed by atoms with Crippen LogP contribution < -0.4 is 21.5 Å². The second-order valence-electron chi connectivity index (χ2n) is 6.09. The fourth-order valence-corrected chi connectivity index (χ4v) is 2.20. The highest BCUT2D eigenvalue weighted by Gasteiger charge is 2.24. The quantitative estimate of drug-likeness (QED) is 0.439. The first-order valence-corrected chi connectivity index (χ1v) is 8.11. The molecule has 9 nitrogen and oxygen atoms in total. The van der Waals surface area contributed by atoms with Gasteiger partial charge in [0.05, 0.1) is 0 Å². The fraction of sp³-hybridized carbons (Fsp3) is 0.412. The Morgan fingerprint density at radius 1 is 1.00 bits per heavy atom. The average Bonchev–Trinajstić information content (AvgIpc) is 2.56. The molecular weight excluding hydrogens is 340 g/mol. The lowest BCUT2D eigenvalue weighted by molar-refractivity contribution is -0.140. The SMILES string of the molecule is CC(=O)N[C@@H](Cc1ccccc1)C(=O)NNC(=O)N[C@H](C(=O)O)C(C)C. The molecule has 1 aromatic rings. The molecule has 0 aliphatic rings. The minimum absolute atomic E-state index is 0.235. The summed E-state index contributed by atoms with van der Waals surface area (Å²) in [5.41, 5.74) is 5.11. The summed E-state index contributed by atoms with van der Waals surface area (Å²) in [7, 11) is 0. The monoisotopic (exact) mass is 364 g/mol. The number of benzene rings is 1. The third-order valence-corrected chi connectivity index (χ3v) is 3.50. The fourth-order valence-electron chi connectivity index (χ4n) is 2.20. The molecule has 0 aliphatic carbocycles. The molecule has 0 saturated heterocycles. The lowest BCUT2D eigenvalue weighted by Gasteiger charge is -2.20. The topological polar surface area (TPSA) is 137 Å². The highest BCUT2D eigenvalue weighted by molar-refractivity contribution is 5.89. The number of carbonyl (C=O) groups excluding carboxylic acids is 3. The van der Waals surface area contributed by atoms with Crippen molar-refractivity contribution in [3.05, 3.63) is 35.9 Å². The van der Waals surface area contributed by atoms with Crippen LogP contribution in [0.15, 0.2) is 30.3 Å². The first kappa shape index (κ1) is 20.9. The van der Waals surface area contributed by atoms with Crippen molar-refractivity contribution in [1.82, 2.24) is 21.5 Å². The maximum absolute atomic E-state index is 12.3. The van der Waals surface area contributed by atoms with Gasteiger partial charge in [-0.2, -0.15) is 0 Å². The Kier molecular flexibility index (Phi) is 8.07. The highest BCUT2D eigenvalue weighted by Crippen LogP contribution is 2.04. The largest absolute Gasteiger partial charge is 0.480 e. The van der Waals surface area contributed by atoms with Gasteiger partial charge in [0, 0.05) is 13.3 Å². The van der Waals surface area contributed by atoms with Crippen LogP contribution in [-0.4, -0.2) is 41.0 Å². The van der Waals surface area contributed by atoms with E-state index in [1.54, 1.807) is 13.8 Å². The lowest BCUT2D eigenvalue weighted by atomic mass is 10.1. The van der Waals surface area contributed by atoms with Crippen LogP contribution in [0, 0.1) is 5.92 Å². The number of urea groups is 1. The van der Waals surface area contributed by atoms with Gasteiger partial charge < -0.3 is 15.7 Å². The molecule has 1 aromatic carbocycles. The molecule has 0 aliphatic heterocycles. The second kappa shape index (κ2) is 10.0. The molecule has 0 radical (unpaired) electrons. The average molecular weight is 364 g/mol.